The van der Waals surface area contributed by atoms with Crippen LogP contribution >= 0.6 is 11.6 Å². The van der Waals surface area contributed by atoms with Crippen molar-refractivity contribution >= 4 is 17.7 Å². The summed E-state index contributed by atoms with van der Waals surface area (Å²) in [5.74, 6) is 0.775. The number of ether oxygens (including phenoxy) is 1. The van der Waals surface area contributed by atoms with Gasteiger partial charge in [-0.1, -0.05) is 18.5 Å². The Morgan fingerprint density at radius 3 is 2.45 bits per heavy atom. The minimum absolute atomic E-state index is 0.137. The molecule has 0 radical (unpaired) electrons. The zero-order chi connectivity index (χ0) is 21.2. The molecule has 1 fully saturated rings. The van der Waals surface area contributed by atoms with E-state index in [0.29, 0.717) is 23.2 Å². The number of aliphatic hydroxyl groups excluding tert-OH is 2. The van der Waals surface area contributed by atoms with Gasteiger partial charge in [0.1, 0.15) is 5.75 Å². The van der Waals surface area contributed by atoms with Crippen molar-refractivity contribution in [3.05, 3.63) is 29.3 Å². The second kappa shape index (κ2) is 12.4. The fraction of sp³-hybridized carbons (Fsp3) is 0.682. The van der Waals surface area contributed by atoms with Gasteiger partial charge >= 0.3 is 6.09 Å². The zero-order valence-electron chi connectivity index (χ0n) is 17.6. The molecule has 0 aliphatic heterocycles. The van der Waals surface area contributed by atoms with Crippen LogP contribution < -0.4 is 4.74 Å². The van der Waals surface area contributed by atoms with Gasteiger partial charge in [-0.25, -0.2) is 4.79 Å². The van der Waals surface area contributed by atoms with Crippen LogP contribution in [-0.4, -0.2) is 71.5 Å². The number of carbonyl (C=O) groups is 1. The lowest BCUT2D eigenvalue weighted by Gasteiger charge is -2.36. The van der Waals surface area contributed by atoms with E-state index in [1.807, 2.05) is 0 Å². The van der Waals surface area contributed by atoms with Gasteiger partial charge in [0.2, 0.25) is 0 Å². The number of nitrogens with zero attached hydrogens (tertiary/aromatic N) is 2. The van der Waals surface area contributed by atoms with E-state index in [0.717, 1.165) is 51.6 Å². The lowest BCUT2D eigenvalue weighted by atomic mass is 9.81. The maximum absolute atomic E-state index is 12.4. The van der Waals surface area contributed by atoms with E-state index in [1.54, 1.807) is 36.2 Å². The molecule has 0 bridgehead atoms. The first kappa shape index (κ1) is 23.9. The van der Waals surface area contributed by atoms with E-state index in [4.69, 9.17) is 21.4 Å². The number of halogens is 1. The third-order valence-corrected chi connectivity index (χ3v) is 6.23. The van der Waals surface area contributed by atoms with E-state index in [2.05, 4.69) is 11.8 Å². The molecule has 7 heteroatoms. The molecule has 1 aliphatic rings. The Morgan fingerprint density at radius 2 is 1.86 bits per heavy atom. The number of likely N-dealkylation sites (N-methyl/N-ethyl adjacent to an activating group) is 1. The average Bonchev–Trinajstić information content (AvgIpc) is 2.74. The summed E-state index contributed by atoms with van der Waals surface area (Å²) >= 11 is 5.86. The van der Waals surface area contributed by atoms with Crippen LogP contribution in [0.4, 0.5) is 4.79 Å². The van der Waals surface area contributed by atoms with Crippen molar-refractivity contribution in [3.63, 3.8) is 0 Å². The van der Waals surface area contributed by atoms with Crippen LogP contribution in [-0.2, 0) is 0 Å². The molecule has 29 heavy (non-hydrogen) atoms. The van der Waals surface area contributed by atoms with E-state index in [1.165, 1.54) is 0 Å². The molecule has 1 amide bonds. The number of rotatable bonds is 10. The van der Waals surface area contributed by atoms with Crippen LogP contribution in [0.3, 0.4) is 0 Å². The summed E-state index contributed by atoms with van der Waals surface area (Å²) in [5.41, 5.74) is 0. The number of carbonyl (C=O) groups excluding carboxylic acids is 1. The molecule has 164 valence electrons. The molecule has 1 aromatic carbocycles. The lowest BCUT2D eigenvalue weighted by molar-refractivity contribution is 0.0529. The van der Waals surface area contributed by atoms with Gasteiger partial charge in [-0.05, 0) is 81.8 Å². The quantitative estimate of drug-likeness (QED) is 0.595. The summed E-state index contributed by atoms with van der Waals surface area (Å²) < 4.78 is 5.42. The van der Waals surface area contributed by atoms with Crippen LogP contribution in [0.5, 0.6) is 5.75 Å². The molecule has 2 N–H and O–H groups in total. The highest BCUT2D eigenvalue weighted by atomic mass is 35.5. The van der Waals surface area contributed by atoms with Crippen LogP contribution in [0.2, 0.25) is 5.02 Å². The smallest absolute Gasteiger partial charge is 0.410 e. The van der Waals surface area contributed by atoms with E-state index in [9.17, 15) is 9.90 Å². The summed E-state index contributed by atoms with van der Waals surface area (Å²) in [7, 11) is 1.78. The van der Waals surface area contributed by atoms with Gasteiger partial charge in [0.25, 0.3) is 0 Å². The lowest BCUT2D eigenvalue weighted by Crippen LogP contribution is -2.42. The summed E-state index contributed by atoms with van der Waals surface area (Å²) in [4.78, 5) is 16.3. The molecule has 1 aromatic rings. The van der Waals surface area contributed by atoms with Crippen LogP contribution in [0, 0.1) is 5.92 Å². The Balaban J connectivity index is 1.71. The molecule has 0 aromatic heterocycles. The van der Waals surface area contributed by atoms with Crippen molar-refractivity contribution in [2.45, 2.75) is 57.6 Å². The molecule has 1 aliphatic carbocycles. The van der Waals surface area contributed by atoms with Crippen molar-refractivity contribution in [2.75, 3.05) is 33.3 Å². The Hall–Kier alpha value is -1.34. The number of amides is 1. The summed E-state index contributed by atoms with van der Waals surface area (Å²) in [6.07, 6.45) is 4.64. The van der Waals surface area contributed by atoms with Gasteiger partial charge in [0, 0.05) is 24.7 Å². The van der Waals surface area contributed by atoms with Crippen LogP contribution in [0.1, 0.15) is 45.4 Å². The molecule has 2 rings (SSSR count). The molecule has 0 heterocycles. The third kappa shape index (κ3) is 7.78. The average molecular weight is 427 g/mol. The van der Waals surface area contributed by atoms with E-state index >= 15 is 0 Å². The highest BCUT2D eigenvalue weighted by Gasteiger charge is 2.30. The molecule has 6 nitrogen and oxygen atoms in total. The zero-order valence-corrected chi connectivity index (χ0v) is 18.4. The molecule has 1 unspecified atom stereocenters. The van der Waals surface area contributed by atoms with Crippen molar-refractivity contribution in [2.24, 2.45) is 5.92 Å². The second-order valence-electron chi connectivity index (χ2n) is 7.87. The van der Waals surface area contributed by atoms with E-state index < -0.39 is 0 Å². The molecule has 0 spiro atoms. The van der Waals surface area contributed by atoms with Crippen molar-refractivity contribution in [1.82, 2.24) is 9.80 Å². The van der Waals surface area contributed by atoms with Crippen molar-refractivity contribution < 1.29 is 19.7 Å². The molecule has 0 saturated heterocycles. The normalized spacial score (nSPS) is 20.5. The largest absolute Gasteiger partial charge is 0.415 e. The Bertz CT molecular complexity index is 605. The third-order valence-electron chi connectivity index (χ3n) is 5.98. The first-order valence-electron chi connectivity index (χ1n) is 10.7. The van der Waals surface area contributed by atoms with E-state index in [-0.39, 0.29) is 24.8 Å². The first-order valence-corrected chi connectivity index (χ1v) is 11.0. The standard InChI is InChI=1S/C22H35ClN2O4/c1-3-25(15-16-26)14-4-5-21(27)17-6-10-19(11-7-17)24(2)22(28)29-20-12-8-18(23)9-13-20/h8-9,12-13,17,19,21,26-27H,3-7,10-11,14-16H2,1-2H3. The maximum atomic E-state index is 12.4. The van der Waals surface area contributed by atoms with Gasteiger partial charge in [-0.15, -0.1) is 0 Å². The SMILES string of the molecule is CCN(CCO)CCCC(O)C1CCC(N(C)C(=O)Oc2ccc(Cl)cc2)CC1. The molecular formula is C22H35ClN2O4. The highest BCUT2D eigenvalue weighted by Crippen LogP contribution is 2.31. The van der Waals surface area contributed by atoms with Crippen molar-refractivity contribution in [1.29, 1.82) is 0 Å². The maximum Gasteiger partial charge on any atom is 0.415 e. The van der Waals surface area contributed by atoms with Gasteiger partial charge < -0.3 is 24.7 Å². The number of hydrogen-bond acceptors (Lipinski definition) is 5. The Morgan fingerprint density at radius 1 is 1.21 bits per heavy atom. The number of aliphatic hydroxyl groups is 2. The van der Waals surface area contributed by atoms with Gasteiger partial charge in [-0.2, -0.15) is 0 Å². The van der Waals surface area contributed by atoms with Gasteiger partial charge in [-0.3, -0.25) is 0 Å². The highest BCUT2D eigenvalue weighted by molar-refractivity contribution is 6.30. The molecule has 1 saturated carbocycles. The fourth-order valence-electron chi connectivity index (χ4n) is 4.03. The van der Waals surface area contributed by atoms with Gasteiger partial charge in [0.15, 0.2) is 0 Å². The molecular weight excluding hydrogens is 392 g/mol. The second-order valence-corrected chi connectivity index (χ2v) is 8.31. The number of benzene rings is 1. The first-order chi connectivity index (χ1) is 13.9. The van der Waals surface area contributed by atoms with Crippen LogP contribution in [0.15, 0.2) is 24.3 Å². The fourth-order valence-corrected chi connectivity index (χ4v) is 4.15. The topological polar surface area (TPSA) is 73.2 Å². The predicted molar refractivity (Wildman–Crippen MR) is 115 cm³/mol. The molecule has 1 atom stereocenters. The Labute approximate surface area is 179 Å². The summed E-state index contributed by atoms with van der Waals surface area (Å²) in [6, 6.07) is 6.89. The minimum Gasteiger partial charge on any atom is -0.410 e. The van der Waals surface area contributed by atoms with Gasteiger partial charge in [0.05, 0.1) is 12.7 Å². The monoisotopic (exact) mass is 426 g/mol. The minimum atomic E-state index is -0.361. The van der Waals surface area contributed by atoms with Crippen LogP contribution in [0.25, 0.3) is 0 Å². The Kier molecular flexibility index (Phi) is 10.2. The van der Waals surface area contributed by atoms with Crippen molar-refractivity contribution in [3.8, 4) is 5.75 Å². The summed E-state index contributed by atoms with van der Waals surface area (Å²) in [6.45, 7) is 4.77. The predicted octanol–water partition coefficient (Wildman–Crippen LogP) is 3.78. The number of hydrogen-bond donors (Lipinski definition) is 2. The summed E-state index contributed by atoms with van der Waals surface area (Å²) in [5, 5.41) is 20.2.